The fourth-order valence-electron chi connectivity index (χ4n) is 1.13. The van der Waals surface area contributed by atoms with Crippen LogP contribution in [0.15, 0.2) is 0 Å². The molecule has 0 bridgehead atoms. The highest BCUT2D eigenvalue weighted by molar-refractivity contribution is 4.80. The Hall–Kier alpha value is -0.630. The normalized spacial score (nSPS) is 13.2. The highest BCUT2D eigenvalue weighted by atomic mass is 16.5. The Bertz CT molecular complexity index is 177. The Labute approximate surface area is 86.1 Å². The second kappa shape index (κ2) is 7.74. The molecule has 0 heterocycles. The Morgan fingerprint density at radius 3 is 2.57 bits per heavy atom. The monoisotopic (exact) mass is 200 g/mol. The maximum Gasteiger partial charge on any atom is 0.0900 e. The molecule has 0 aliphatic rings. The second-order valence-electron chi connectivity index (χ2n) is 3.49. The Kier molecular flexibility index (Phi) is 7.40. The van der Waals surface area contributed by atoms with Crippen molar-refractivity contribution in [3.8, 4) is 6.07 Å². The zero-order chi connectivity index (χ0) is 11.0. The Balaban J connectivity index is 3.84. The van der Waals surface area contributed by atoms with Gasteiger partial charge in [-0.15, -0.1) is 0 Å². The first-order valence-electron chi connectivity index (χ1n) is 4.98. The number of nitriles is 1. The van der Waals surface area contributed by atoms with E-state index in [1.807, 2.05) is 25.7 Å². The van der Waals surface area contributed by atoms with Crippen molar-refractivity contribution in [1.29, 1.82) is 5.26 Å². The van der Waals surface area contributed by atoms with Crippen molar-refractivity contribution in [2.75, 3.05) is 26.3 Å². The molecule has 0 spiro atoms. The lowest BCUT2D eigenvalue weighted by atomic mass is 10.2. The predicted octanol–water partition coefficient (Wildman–Crippen LogP) is 0.618. The summed E-state index contributed by atoms with van der Waals surface area (Å²) in [6, 6.07) is 2.35. The van der Waals surface area contributed by atoms with Gasteiger partial charge in [-0.25, -0.2) is 0 Å². The summed E-state index contributed by atoms with van der Waals surface area (Å²) in [5.41, 5.74) is 0. The van der Waals surface area contributed by atoms with Gasteiger partial charge in [-0.2, -0.15) is 5.26 Å². The summed E-state index contributed by atoms with van der Waals surface area (Å²) in [7, 11) is 0. The van der Waals surface area contributed by atoms with Crippen LogP contribution in [0.4, 0.5) is 0 Å². The Morgan fingerprint density at radius 2 is 2.14 bits per heavy atom. The fourth-order valence-corrected chi connectivity index (χ4v) is 1.13. The minimum Gasteiger partial charge on any atom is -0.389 e. The number of hydrogen-bond donors (Lipinski definition) is 1. The molecule has 4 heteroatoms. The first-order valence-corrected chi connectivity index (χ1v) is 4.98. The highest BCUT2D eigenvalue weighted by Crippen LogP contribution is 1.99. The number of rotatable bonds is 7. The van der Waals surface area contributed by atoms with Crippen LogP contribution < -0.4 is 0 Å². The maximum atomic E-state index is 9.55. The summed E-state index contributed by atoms with van der Waals surface area (Å²) >= 11 is 0. The largest absolute Gasteiger partial charge is 0.389 e. The molecule has 0 aliphatic heterocycles. The van der Waals surface area contributed by atoms with Gasteiger partial charge < -0.3 is 9.84 Å². The molecule has 0 aromatic rings. The Morgan fingerprint density at radius 1 is 1.50 bits per heavy atom. The third-order valence-electron chi connectivity index (χ3n) is 1.96. The van der Waals surface area contributed by atoms with Gasteiger partial charge in [0, 0.05) is 19.2 Å². The molecule has 0 aromatic carbocycles. The minimum absolute atomic E-state index is 0.269. The SMILES string of the molecule is CCOCC(O)CN(CC#N)C(C)C. The average molecular weight is 200 g/mol. The molecule has 0 saturated carbocycles. The molecule has 0 amide bonds. The number of hydrogen-bond acceptors (Lipinski definition) is 4. The zero-order valence-electron chi connectivity index (χ0n) is 9.23. The van der Waals surface area contributed by atoms with E-state index in [-0.39, 0.29) is 6.04 Å². The van der Waals surface area contributed by atoms with Crippen LogP contribution in [0.1, 0.15) is 20.8 Å². The van der Waals surface area contributed by atoms with Gasteiger partial charge in [0.1, 0.15) is 0 Å². The lowest BCUT2D eigenvalue weighted by Gasteiger charge is -2.25. The van der Waals surface area contributed by atoms with E-state index < -0.39 is 6.10 Å². The van der Waals surface area contributed by atoms with Crippen LogP contribution in [0.2, 0.25) is 0 Å². The molecule has 0 aliphatic carbocycles. The van der Waals surface area contributed by atoms with E-state index in [9.17, 15) is 5.11 Å². The van der Waals surface area contributed by atoms with Crippen molar-refractivity contribution < 1.29 is 9.84 Å². The van der Waals surface area contributed by atoms with Crippen LogP contribution in [0.3, 0.4) is 0 Å². The molecule has 82 valence electrons. The quantitative estimate of drug-likeness (QED) is 0.612. The zero-order valence-corrected chi connectivity index (χ0v) is 9.23. The first-order chi connectivity index (χ1) is 6.61. The third-order valence-corrected chi connectivity index (χ3v) is 1.96. The number of aliphatic hydroxyl groups is 1. The molecule has 0 aromatic heterocycles. The molecule has 1 atom stereocenters. The number of aliphatic hydroxyl groups excluding tert-OH is 1. The van der Waals surface area contributed by atoms with Crippen LogP contribution in [0.25, 0.3) is 0 Å². The molecule has 0 rings (SSSR count). The third kappa shape index (κ3) is 5.92. The van der Waals surface area contributed by atoms with Gasteiger partial charge in [0.05, 0.1) is 25.3 Å². The van der Waals surface area contributed by atoms with Crippen molar-refractivity contribution in [2.24, 2.45) is 0 Å². The van der Waals surface area contributed by atoms with Crippen molar-refractivity contribution in [2.45, 2.75) is 32.9 Å². The van der Waals surface area contributed by atoms with E-state index in [2.05, 4.69) is 6.07 Å². The molecule has 0 radical (unpaired) electrons. The van der Waals surface area contributed by atoms with Gasteiger partial charge in [-0.1, -0.05) is 0 Å². The number of nitrogens with zero attached hydrogens (tertiary/aromatic N) is 2. The summed E-state index contributed by atoms with van der Waals surface area (Å²) in [5, 5.41) is 18.1. The average Bonchev–Trinajstić information content (AvgIpc) is 2.14. The van der Waals surface area contributed by atoms with E-state index in [1.54, 1.807) is 0 Å². The topological polar surface area (TPSA) is 56.5 Å². The fraction of sp³-hybridized carbons (Fsp3) is 0.900. The highest BCUT2D eigenvalue weighted by Gasteiger charge is 2.13. The smallest absolute Gasteiger partial charge is 0.0900 e. The van der Waals surface area contributed by atoms with Crippen molar-refractivity contribution in [1.82, 2.24) is 4.90 Å². The molecule has 1 unspecified atom stereocenters. The van der Waals surface area contributed by atoms with Crippen LogP contribution in [0.5, 0.6) is 0 Å². The van der Waals surface area contributed by atoms with Crippen molar-refractivity contribution in [3.63, 3.8) is 0 Å². The van der Waals surface area contributed by atoms with Gasteiger partial charge in [0.25, 0.3) is 0 Å². The predicted molar refractivity (Wildman–Crippen MR) is 54.8 cm³/mol. The van der Waals surface area contributed by atoms with E-state index in [1.165, 1.54) is 0 Å². The van der Waals surface area contributed by atoms with Crippen molar-refractivity contribution >= 4 is 0 Å². The number of ether oxygens (including phenoxy) is 1. The summed E-state index contributed by atoms with van der Waals surface area (Å²) in [6.45, 7) is 7.69. The van der Waals surface area contributed by atoms with Crippen molar-refractivity contribution in [3.05, 3.63) is 0 Å². The van der Waals surface area contributed by atoms with E-state index >= 15 is 0 Å². The first kappa shape index (κ1) is 13.4. The van der Waals surface area contributed by atoms with Crippen LogP contribution in [-0.4, -0.2) is 48.5 Å². The molecule has 0 saturated heterocycles. The molecule has 4 nitrogen and oxygen atoms in total. The maximum absolute atomic E-state index is 9.55. The van der Waals surface area contributed by atoms with Gasteiger partial charge in [0.15, 0.2) is 0 Å². The summed E-state index contributed by atoms with van der Waals surface area (Å²) in [5.74, 6) is 0. The lowest BCUT2D eigenvalue weighted by molar-refractivity contribution is 0.0182. The van der Waals surface area contributed by atoms with Crippen LogP contribution in [-0.2, 0) is 4.74 Å². The molecule has 0 fully saturated rings. The summed E-state index contributed by atoms with van der Waals surface area (Å²) in [4.78, 5) is 1.92. The summed E-state index contributed by atoms with van der Waals surface area (Å²) < 4.78 is 5.09. The minimum atomic E-state index is -0.509. The van der Waals surface area contributed by atoms with Gasteiger partial charge in [0.2, 0.25) is 0 Å². The molecular weight excluding hydrogens is 180 g/mol. The van der Waals surface area contributed by atoms with E-state index in [0.29, 0.717) is 26.3 Å². The van der Waals surface area contributed by atoms with E-state index in [0.717, 1.165) is 0 Å². The van der Waals surface area contributed by atoms with Gasteiger partial charge in [-0.3, -0.25) is 4.90 Å². The van der Waals surface area contributed by atoms with E-state index in [4.69, 9.17) is 10.00 Å². The van der Waals surface area contributed by atoms with Gasteiger partial charge >= 0.3 is 0 Å². The standard InChI is InChI=1S/C10H20N2O2/c1-4-14-8-10(13)7-12(6-5-11)9(2)3/h9-10,13H,4,6-8H2,1-3H3. The molecule has 14 heavy (non-hydrogen) atoms. The van der Waals surface area contributed by atoms with Crippen LogP contribution in [0, 0.1) is 11.3 Å². The lowest BCUT2D eigenvalue weighted by Crippen LogP contribution is -2.39. The van der Waals surface area contributed by atoms with Crippen LogP contribution >= 0.6 is 0 Å². The van der Waals surface area contributed by atoms with Gasteiger partial charge in [-0.05, 0) is 20.8 Å². The molecule has 1 N–H and O–H groups in total. The molecular formula is C10H20N2O2. The summed E-state index contributed by atoms with van der Waals surface area (Å²) in [6.07, 6.45) is -0.509. The second-order valence-corrected chi connectivity index (χ2v) is 3.49.